The number of carbonyl (C=O) groups excluding carboxylic acids is 1. The van der Waals surface area contributed by atoms with Crippen molar-refractivity contribution in [1.82, 2.24) is 15.5 Å². The molecule has 2 saturated heterocycles. The van der Waals surface area contributed by atoms with Crippen LogP contribution in [0.1, 0.15) is 49.1 Å². The molecule has 1 saturated carbocycles. The summed E-state index contributed by atoms with van der Waals surface area (Å²) >= 11 is 0. The Morgan fingerprint density at radius 3 is 2.86 bits per heavy atom. The van der Waals surface area contributed by atoms with Crippen LogP contribution in [0.5, 0.6) is 0 Å². The fraction of sp³-hybridized carbons (Fsp3) is 0.789. The van der Waals surface area contributed by atoms with Crippen LogP contribution in [0.25, 0.3) is 0 Å². The minimum atomic E-state index is -0.299. The van der Waals surface area contributed by atoms with Crippen molar-refractivity contribution >= 4 is 5.91 Å². The molecule has 4 heterocycles. The van der Waals surface area contributed by atoms with Gasteiger partial charge in [0.05, 0.1) is 38.0 Å². The van der Waals surface area contributed by atoms with Gasteiger partial charge in [-0.15, -0.1) is 0 Å². The maximum absolute atomic E-state index is 12.2. The Hall–Kier alpha value is -2.00. The molecule has 1 aromatic rings. The van der Waals surface area contributed by atoms with E-state index < -0.39 is 0 Å². The van der Waals surface area contributed by atoms with Gasteiger partial charge in [-0.05, 0) is 12.3 Å². The van der Waals surface area contributed by atoms with Crippen LogP contribution in [-0.2, 0) is 9.47 Å². The van der Waals surface area contributed by atoms with E-state index in [0.717, 1.165) is 18.9 Å². The number of nitrogens with one attached hydrogen (secondary N) is 1. The monoisotopic (exact) mass is 389 g/mol. The van der Waals surface area contributed by atoms with Gasteiger partial charge in [0.25, 0.3) is 5.91 Å². The molecule has 1 aromatic heterocycles. The fourth-order valence-corrected chi connectivity index (χ4v) is 4.99. The number of aromatic nitrogens is 1. The van der Waals surface area contributed by atoms with Gasteiger partial charge in [-0.3, -0.25) is 9.80 Å². The minimum Gasteiger partial charge on any atom is -0.371 e. The molecule has 3 fully saturated rings. The predicted octanol–water partition coefficient (Wildman–Crippen LogP) is 1.96. The highest BCUT2D eigenvalue weighted by atomic mass is 16.6. The minimum absolute atomic E-state index is 0.0530. The molecule has 152 valence electrons. The van der Waals surface area contributed by atoms with Gasteiger partial charge in [0.2, 0.25) is 5.76 Å². The Balaban J connectivity index is 1.14. The van der Waals surface area contributed by atoms with Crippen LogP contribution in [0.3, 0.4) is 0 Å². The summed E-state index contributed by atoms with van der Waals surface area (Å²) < 4.78 is 16.9. The number of rotatable bonds is 5. The predicted molar refractivity (Wildman–Crippen MR) is 97.6 cm³/mol. The lowest BCUT2D eigenvalue weighted by molar-refractivity contribution is 0.0422. The molecule has 1 amide bonds. The van der Waals surface area contributed by atoms with E-state index in [1.165, 1.54) is 44.4 Å². The van der Waals surface area contributed by atoms with Crippen molar-refractivity contribution in [2.75, 3.05) is 19.8 Å². The van der Waals surface area contributed by atoms with E-state index in [1.54, 1.807) is 0 Å². The molecule has 3 aliphatic heterocycles. The van der Waals surface area contributed by atoms with Gasteiger partial charge < -0.3 is 19.3 Å². The summed E-state index contributed by atoms with van der Waals surface area (Å²) in [5.41, 5.74) is 0. The van der Waals surface area contributed by atoms with E-state index in [4.69, 9.17) is 14.0 Å². The van der Waals surface area contributed by atoms with Gasteiger partial charge in [-0.2, -0.15) is 5.11 Å². The number of nitrogens with zero attached hydrogens (tertiary/aromatic N) is 4. The number of hydrogen-bond donors (Lipinski definition) is 1. The number of amides is 1. The largest absolute Gasteiger partial charge is 0.371 e. The maximum atomic E-state index is 12.2. The van der Waals surface area contributed by atoms with Crippen molar-refractivity contribution in [2.24, 2.45) is 16.3 Å². The molecule has 1 N–H and O–H groups in total. The molecule has 5 rings (SSSR count). The van der Waals surface area contributed by atoms with Crippen molar-refractivity contribution in [3.05, 3.63) is 18.0 Å². The summed E-state index contributed by atoms with van der Waals surface area (Å²) in [5, 5.41) is 17.5. The number of ether oxygens (including phenoxy) is 2. The van der Waals surface area contributed by atoms with Crippen molar-refractivity contribution in [2.45, 2.75) is 68.9 Å². The second-order valence-corrected chi connectivity index (χ2v) is 8.34. The lowest BCUT2D eigenvalue weighted by Gasteiger charge is -2.26. The first-order chi connectivity index (χ1) is 13.8. The molecule has 0 radical (unpaired) electrons. The van der Waals surface area contributed by atoms with E-state index in [0.29, 0.717) is 13.2 Å². The highest BCUT2D eigenvalue weighted by Crippen LogP contribution is 2.34. The molecular formula is C19H27N5O4. The first kappa shape index (κ1) is 18.1. The first-order valence-electron chi connectivity index (χ1n) is 10.4. The molecule has 0 bridgehead atoms. The highest BCUT2D eigenvalue weighted by molar-refractivity contribution is 5.91. The van der Waals surface area contributed by atoms with Crippen LogP contribution in [0, 0.1) is 5.92 Å². The van der Waals surface area contributed by atoms with E-state index in [1.807, 2.05) is 5.01 Å². The van der Waals surface area contributed by atoms with Crippen LogP contribution in [0.4, 0.5) is 0 Å². The van der Waals surface area contributed by atoms with Gasteiger partial charge in [0.15, 0.2) is 0 Å². The van der Waals surface area contributed by atoms with Crippen molar-refractivity contribution in [1.29, 1.82) is 0 Å². The summed E-state index contributed by atoms with van der Waals surface area (Å²) in [5.74, 6) is 0.688. The molecule has 9 heteroatoms. The number of fused-ring (bicyclic) bond motifs is 1. The Morgan fingerprint density at radius 1 is 1.18 bits per heavy atom. The van der Waals surface area contributed by atoms with Gasteiger partial charge in [-0.25, -0.2) is 0 Å². The van der Waals surface area contributed by atoms with Gasteiger partial charge in [0.1, 0.15) is 18.2 Å². The first-order valence-corrected chi connectivity index (χ1v) is 10.4. The molecule has 5 unspecified atom stereocenters. The third-order valence-electron chi connectivity index (χ3n) is 6.45. The van der Waals surface area contributed by atoms with Crippen LogP contribution < -0.4 is 5.32 Å². The zero-order valence-electron chi connectivity index (χ0n) is 15.9. The van der Waals surface area contributed by atoms with Crippen LogP contribution >= 0.6 is 0 Å². The average Bonchev–Trinajstić information content (AvgIpc) is 3.49. The topological polar surface area (TPSA) is 102 Å². The van der Waals surface area contributed by atoms with Crippen molar-refractivity contribution in [3.63, 3.8) is 0 Å². The second kappa shape index (κ2) is 7.79. The quantitative estimate of drug-likeness (QED) is 0.826. The van der Waals surface area contributed by atoms with E-state index in [-0.39, 0.29) is 42.0 Å². The Bertz CT molecular complexity index is 705. The summed E-state index contributed by atoms with van der Waals surface area (Å²) in [6, 6.07) is 1.67. The molecule has 4 aliphatic rings. The molecular weight excluding hydrogens is 362 g/mol. The van der Waals surface area contributed by atoms with E-state index in [2.05, 4.69) is 20.8 Å². The molecule has 0 aromatic carbocycles. The Kier molecular flexibility index (Phi) is 5.02. The maximum Gasteiger partial charge on any atom is 0.290 e. The van der Waals surface area contributed by atoms with E-state index >= 15 is 0 Å². The standard InChI is InChI=1S/C19H27N5O4/c25-19(16-6-7-20-28-16)21-14-10-26-18-15(11-27-17(14)18)24-9-13(22-23-24)8-12-4-2-1-3-5-12/h6-7,12-15,17-18H,1-5,8-11H2,(H,21,25). The highest BCUT2D eigenvalue weighted by Gasteiger charge is 2.51. The fourth-order valence-electron chi connectivity index (χ4n) is 4.99. The zero-order valence-corrected chi connectivity index (χ0v) is 15.9. The SMILES string of the molecule is O=C(NC1COC2C1OCC2N1CC(CC2CCCCC2)N=N1)c1ccno1. The molecule has 28 heavy (non-hydrogen) atoms. The summed E-state index contributed by atoms with van der Waals surface area (Å²) in [4.78, 5) is 12.2. The number of hydrogen-bond acceptors (Lipinski definition) is 8. The summed E-state index contributed by atoms with van der Waals surface area (Å²) in [7, 11) is 0. The summed E-state index contributed by atoms with van der Waals surface area (Å²) in [6.45, 7) is 1.80. The van der Waals surface area contributed by atoms with Crippen LogP contribution in [0.15, 0.2) is 27.1 Å². The lowest BCUT2D eigenvalue weighted by Crippen LogP contribution is -2.46. The third kappa shape index (κ3) is 3.53. The Labute approximate surface area is 163 Å². The average molecular weight is 389 g/mol. The zero-order chi connectivity index (χ0) is 18.9. The molecule has 5 atom stereocenters. The Morgan fingerprint density at radius 2 is 2.04 bits per heavy atom. The normalized spacial score (nSPS) is 35.4. The summed E-state index contributed by atoms with van der Waals surface area (Å²) in [6.07, 6.45) is 9.06. The van der Waals surface area contributed by atoms with Crippen LogP contribution in [-0.4, -0.2) is 66.2 Å². The molecule has 1 aliphatic carbocycles. The van der Waals surface area contributed by atoms with Crippen LogP contribution in [0.2, 0.25) is 0 Å². The van der Waals surface area contributed by atoms with Crippen molar-refractivity contribution < 1.29 is 18.8 Å². The van der Waals surface area contributed by atoms with Gasteiger partial charge in [-0.1, -0.05) is 42.5 Å². The third-order valence-corrected chi connectivity index (χ3v) is 6.45. The number of carbonyl (C=O) groups is 1. The smallest absolute Gasteiger partial charge is 0.290 e. The second-order valence-electron chi connectivity index (χ2n) is 8.34. The molecule has 0 spiro atoms. The lowest BCUT2D eigenvalue weighted by atomic mass is 9.85. The van der Waals surface area contributed by atoms with E-state index in [9.17, 15) is 4.79 Å². The van der Waals surface area contributed by atoms with Crippen molar-refractivity contribution in [3.8, 4) is 0 Å². The molecule has 9 nitrogen and oxygen atoms in total. The van der Waals surface area contributed by atoms with Gasteiger partial charge in [0, 0.05) is 6.07 Å². The van der Waals surface area contributed by atoms with Gasteiger partial charge >= 0.3 is 0 Å².